The van der Waals surface area contributed by atoms with E-state index in [2.05, 4.69) is 18.2 Å². The first kappa shape index (κ1) is 19.9. The lowest BCUT2D eigenvalue weighted by molar-refractivity contribution is 0.392. The number of hydrogen-bond donors (Lipinski definition) is 0. The fourth-order valence-corrected chi connectivity index (χ4v) is 5.79. The van der Waals surface area contributed by atoms with Gasteiger partial charge in [-0.25, -0.2) is 12.8 Å². The van der Waals surface area contributed by atoms with E-state index >= 15 is 0 Å². The number of hydrogen-bond acceptors (Lipinski definition) is 2. The molecule has 0 saturated carbocycles. The highest BCUT2D eigenvalue weighted by Gasteiger charge is 2.29. The van der Waals surface area contributed by atoms with Crippen LogP contribution in [0.4, 0.5) is 4.39 Å². The molecule has 156 valence electrons. The molecule has 5 rings (SSSR count). The maximum atomic E-state index is 13.5. The molecule has 0 aliphatic carbocycles. The number of halogens is 1. The summed E-state index contributed by atoms with van der Waals surface area (Å²) in [5, 5.41) is 2.23. The second-order valence-electron chi connectivity index (χ2n) is 8.02. The van der Waals surface area contributed by atoms with E-state index in [1.807, 2.05) is 31.2 Å². The Kier molecular flexibility index (Phi) is 4.88. The van der Waals surface area contributed by atoms with Crippen LogP contribution in [0.1, 0.15) is 16.7 Å². The van der Waals surface area contributed by atoms with Crippen molar-refractivity contribution >= 4 is 20.8 Å². The molecule has 1 heterocycles. The minimum Gasteiger partial charge on any atom is -0.207 e. The Balaban J connectivity index is 1.61. The summed E-state index contributed by atoms with van der Waals surface area (Å²) < 4.78 is 41.5. The number of nitrogens with zero attached hydrogens (tertiary/aromatic N) is 1. The molecule has 4 aromatic carbocycles. The third-order valence-corrected chi connectivity index (χ3v) is 7.88. The van der Waals surface area contributed by atoms with Crippen LogP contribution in [-0.4, -0.2) is 19.3 Å². The van der Waals surface area contributed by atoms with Crippen LogP contribution in [-0.2, 0) is 23.0 Å². The number of fused-ring (bicyclic) bond motifs is 3. The largest absolute Gasteiger partial charge is 0.243 e. The molecule has 4 aromatic rings. The van der Waals surface area contributed by atoms with Gasteiger partial charge in [0, 0.05) is 13.1 Å². The van der Waals surface area contributed by atoms with Gasteiger partial charge in [-0.05, 0) is 76.7 Å². The summed E-state index contributed by atoms with van der Waals surface area (Å²) in [6, 6.07) is 23.7. The summed E-state index contributed by atoms with van der Waals surface area (Å²) in [4.78, 5) is 0.320. The molecular formula is C26H22FNO2S. The van der Waals surface area contributed by atoms with Crippen molar-refractivity contribution in [3.63, 3.8) is 0 Å². The Bertz CT molecular complexity index is 1380. The van der Waals surface area contributed by atoms with Gasteiger partial charge in [0.05, 0.1) is 4.90 Å². The second kappa shape index (κ2) is 7.59. The van der Waals surface area contributed by atoms with Crippen LogP contribution in [0.15, 0.2) is 83.8 Å². The molecule has 0 N–H and O–H groups in total. The first-order chi connectivity index (χ1) is 14.9. The first-order valence-electron chi connectivity index (χ1n) is 10.3. The van der Waals surface area contributed by atoms with Gasteiger partial charge in [0.25, 0.3) is 0 Å². The quantitative estimate of drug-likeness (QED) is 0.417. The van der Waals surface area contributed by atoms with Crippen molar-refractivity contribution in [1.29, 1.82) is 0 Å². The third-order valence-electron chi connectivity index (χ3n) is 6.02. The normalized spacial score (nSPS) is 14.5. The van der Waals surface area contributed by atoms with E-state index in [-0.39, 0.29) is 5.82 Å². The first-order valence-corrected chi connectivity index (χ1v) is 11.7. The highest BCUT2D eigenvalue weighted by Crippen LogP contribution is 2.37. The van der Waals surface area contributed by atoms with Crippen molar-refractivity contribution in [1.82, 2.24) is 4.31 Å². The smallest absolute Gasteiger partial charge is 0.207 e. The van der Waals surface area contributed by atoms with Crippen molar-refractivity contribution in [2.45, 2.75) is 24.8 Å². The standard InChI is InChI=1S/C26H22FNO2S/c1-18-6-12-22(13-7-18)31(29,30)28-15-14-23-20(17-28)16-26(19-8-10-21(27)11-9-19)25-5-3-2-4-24(23)25/h2-13,16H,14-15,17H2,1H3. The van der Waals surface area contributed by atoms with E-state index in [9.17, 15) is 12.8 Å². The molecule has 31 heavy (non-hydrogen) atoms. The van der Waals surface area contributed by atoms with Crippen molar-refractivity contribution in [3.05, 3.63) is 101 Å². The molecule has 0 spiro atoms. The molecule has 0 unspecified atom stereocenters. The van der Waals surface area contributed by atoms with E-state index in [1.165, 1.54) is 17.7 Å². The second-order valence-corrected chi connectivity index (χ2v) is 9.95. The van der Waals surface area contributed by atoms with Gasteiger partial charge in [-0.15, -0.1) is 0 Å². The van der Waals surface area contributed by atoms with Gasteiger partial charge in [0.15, 0.2) is 0 Å². The van der Waals surface area contributed by atoms with Gasteiger partial charge in [-0.1, -0.05) is 54.1 Å². The average Bonchev–Trinajstić information content (AvgIpc) is 2.79. The molecule has 0 fully saturated rings. The van der Waals surface area contributed by atoms with Crippen LogP contribution in [0.25, 0.3) is 21.9 Å². The van der Waals surface area contributed by atoms with Gasteiger partial charge < -0.3 is 0 Å². The van der Waals surface area contributed by atoms with E-state index in [0.29, 0.717) is 24.4 Å². The topological polar surface area (TPSA) is 37.4 Å². The molecule has 0 bridgehead atoms. The predicted molar refractivity (Wildman–Crippen MR) is 122 cm³/mol. The van der Waals surface area contributed by atoms with Crippen LogP contribution in [0.5, 0.6) is 0 Å². The van der Waals surface area contributed by atoms with Crippen LogP contribution in [0, 0.1) is 12.7 Å². The number of rotatable bonds is 3. The Hall–Kier alpha value is -3.02. The highest BCUT2D eigenvalue weighted by atomic mass is 32.2. The molecule has 1 aliphatic rings. The molecule has 0 aromatic heterocycles. The Labute approximate surface area is 181 Å². The lowest BCUT2D eigenvalue weighted by Crippen LogP contribution is -2.36. The van der Waals surface area contributed by atoms with Gasteiger partial charge in [0.1, 0.15) is 5.82 Å². The summed E-state index contributed by atoms with van der Waals surface area (Å²) in [5.74, 6) is -0.276. The maximum absolute atomic E-state index is 13.5. The SMILES string of the molecule is Cc1ccc(S(=O)(=O)N2CCc3c(cc(-c4ccc(F)cc4)c4ccccc34)C2)cc1. The molecule has 0 amide bonds. The molecule has 0 saturated heterocycles. The van der Waals surface area contributed by atoms with Crippen LogP contribution < -0.4 is 0 Å². The lowest BCUT2D eigenvalue weighted by Gasteiger charge is -2.30. The summed E-state index contributed by atoms with van der Waals surface area (Å²) in [7, 11) is -3.57. The van der Waals surface area contributed by atoms with Gasteiger partial charge in [0.2, 0.25) is 10.0 Å². The van der Waals surface area contributed by atoms with Gasteiger partial charge >= 0.3 is 0 Å². The highest BCUT2D eigenvalue weighted by molar-refractivity contribution is 7.89. The van der Waals surface area contributed by atoms with E-state index in [0.717, 1.165) is 33.0 Å². The van der Waals surface area contributed by atoms with E-state index in [1.54, 1.807) is 28.6 Å². The number of sulfonamides is 1. The minimum absolute atomic E-state index is 0.276. The lowest BCUT2D eigenvalue weighted by atomic mass is 9.88. The molecule has 5 heteroatoms. The van der Waals surface area contributed by atoms with Crippen molar-refractivity contribution in [2.75, 3.05) is 6.54 Å². The van der Waals surface area contributed by atoms with Crippen molar-refractivity contribution in [2.24, 2.45) is 0 Å². The zero-order valence-electron chi connectivity index (χ0n) is 17.2. The fraction of sp³-hybridized carbons (Fsp3) is 0.154. The van der Waals surface area contributed by atoms with Crippen molar-refractivity contribution < 1.29 is 12.8 Å². The maximum Gasteiger partial charge on any atom is 0.243 e. The van der Waals surface area contributed by atoms with Gasteiger partial charge in [-0.2, -0.15) is 4.31 Å². The minimum atomic E-state index is -3.57. The summed E-state index contributed by atoms with van der Waals surface area (Å²) in [6.07, 6.45) is 0.657. The molecule has 1 aliphatic heterocycles. The van der Waals surface area contributed by atoms with Crippen LogP contribution in [0.2, 0.25) is 0 Å². The molecule has 3 nitrogen and oxygen atoms in total. The zero-order valence-corrected chi connectivity index (χ0v) is 18.0. The van der Waals surface area contributed by atoms with Crippen molar-refractivity contribution in [3.8, 4) is 11.1 Å². The van der Waals surface area contributed by atoms with Crippen LogP contribution in [0.3, 0.4) is 0 Å². The number of benzene rings is 4. The Morgan fingerprint density at radius 3 is 2.26 bits per heavy atom. The molecular weight excluding hydrogens is 409 g/mol. The van der Waals surface area contributed by atoms with E-state index in [4.69, 9.17) is 0 Å². The van der Waals surface area contributed by atoms with Crippen LogP contribution >= 0.6 is 0 Å². The fourth-order valence-electron chi connectivity index (χ4n) is 4.37. The summed E-state index contributed by atoms with van der Waals surface area (Å²) in [5.41, 5.74) is 5.12. The number of aryl methyl sites for hydroxylation is 1. The Morgan fingerprint density at radius 2 is 1.55 bits per heavy atom. The van der Waals surface area contributed by atoms with Gasteiger partial charge in [-0.3, -0.25) is 0 Å². The average molecular weight is 432 g/mol. The molecule has 0 atom stereocenters. The predicted octanol–water partition coefficient (Wildman–Crippen LogP) is 5.70. The monoisotopic (exact) mass is 431 g/mol. The third kappa shape index (κ3) is 3.54. The molecule has 0 radical (unpaired) electrons. The Morgan fingerprint density at radius 1 is 0.871 bits per heavy atom. The zero-order chi connectivity index (χ0) is 21.6. The van der Waals surface area contributed by atoms with E-state index < -0.39 is 10.0 Å². The summed E-state index contributed by atoms with van der Waals surface area (Å²) >= 11 is 0. The summed E-state index contributed by atoms with van der Waals surface area (Å²) in [6.45, 7) is 2.71.